The maximum Gasteiger partial charge on any atom is 0.314 e. The van der Waals surface area contributed by atoms with Gasteiger partial charge in [0.2, 0.25) is 0 Å². The summed E-state index contributed by atoms with van der Waals surface area (Å²) in [5, 5.41) is 0. The van der Waals surface area contributed by atoms with Gasteiger partial charge >= 0.3 is 11.1 Å². The molecule has 0 aliphatic rings. The number of carbonyl (C=O) groups excluding carboxylic acids is 1. The zero-order chi connectivity index (χ0) is 18.1. The van der Waals surface area contributed by atoms with Crippen molar-refractivity contribution in [1.29, 1.82) is 0 Å². The van der Waals surface area contributed by atoms with Gasteiger partial charge in [-0.05, 0) is 43.2 Å². The molecule has 1 aromatic heterocycles. The van der Waals surface area contributed by atoms with Crippen molar-refractivity contribution >= 4 is 16.9 Å². The fourth-order valence-electron chi connectivity index (χ4n) is 2.88. The molecule has 2 N–H and O–H groups in total. The second kappa shape index (κ2) is 6.39. The average molecular weight is 337 g/mol. The van der Waals surface area contributed by atoms with Gasteiger partial charge in [0.05, 0.1) is 11.0 Å². The lowest BCUT2D eigenvalue weighted by molar-refractivity contribution is 0.0785. The molecule has 0 unspecified atom stereocenters. The molecule has 0 saturated carbocycles. The van der Waals surface area contributed by atoms with Crippen molar-refractivity contribution in [2.24, 2.45) is 0 Å². The van der Waals surface area contributed by atoms with Crippen LogP contribution in [0.3, 0.4) is 0 Å². The van der Waals surface area contributed by atoms with E-state index in [1.165, 1.54) is 0 Å². The van der Waals surface area contributed by atoms with Crippen molar-refractivity contribution in [3.05, 3.63) is 79.4 Å². The Bertz CT molecular complexity index is 1060. The number of fused-ring (bicyclic) bond motifs is 1. The lowest BCUT2D eigenvalue weighted by atomic mass is 10.0. The van der Waals surface area contributed by atoms with Gasteiger partial charge in [0.25, 0.3) is 5.91 Å². The molecule has 0 atom stereocenters. The van der Waals surface area contributed by atoms with E-state index in [-0.39, 0.29) is 5.91 Å². The van der Waals surface area contributed by atoms with Crippen molar-refractivity contribution in [1.82, 2.24) is 14.9 Å². The van der Waals surface area contributed by atoms with Crippen LogP contribution in [0.1, 0.15) is 27.0 Å². The lowest BCUT2D eigenvalue weighted by Gasteiger charge is -2.20. The highest BCUT2D eigenvalue weighted by Gasteiger charge is 2.16. The predicted octanol–water partition coefficient (Wildman–Crippen LogP) is 2.11. The van der Waals surface area contributed by atoms with E-state index in [1.54, 1.807) is 24.1 Å². The average Bonchev–Trinajstić information content (AvgIpc) is 2.61. The minimum Gasteiger partial charge on any atom is -0.337 e. The number of aromatic nitrogens is 2. The molecule has 0 bridgehead atoms. The largest absolute Gasteiger partial charge is 0.337 e. The Morgan fingerprint density at radius 2 is 1.68 bits per heavy atom. The molecular weight excluding hydrogens is 318 g/mol. The molecule has 2 aromatic carbocycles. The summed E-state index contributed by atoms with van der Waals surface area (Å²) in [4.78, 5) is 42.8. The van der Waals surface area contributed by atoms with Gasteiger partial charge in [0, 0.05) is 24.7 Å². The third kappa shape index (κ3) is 3.10. The van der Waals surface area contributed by atoms with Crippen LogP contribution in [0.4, 0.5) is 0 Å². The minimum atomic E-state index is -0.700. The first-order chi connectivity index (χ1) is 11.9. The Hall–Kier alpha value is -3.15. The van der Waals surface area contributed by atoms with E-state index >= 15 is 0 Å². The molecule has 3 rings (SSSR count). The number of rotatable bonds is 3. The van der Waals surface area contributed by atoms with Gasteiger partial charge in [-0.3, -0.25) is 14.4 Å². The van der Waals surface area contributed by atoms with Gasteiger partial charge in [-0.25, -0.2) is 0 Å². The predicted molar refractivity (Wildman–Crippen MR) is 96.9 cm³/mol. The maximum atomic E-state index is 12.6. The summed E-state index contributed by atoms with van der Waals surface area (Å²) in [5.41, 5.74) is 3.10. The SMILES string of the molecule is Cc1cc2[nH]c(=O)c(=O)[nH]c2c(CN(C)C(=O)c2ccccc2)c1C. The fourth-order valence-corrected chi connectivity index (χ4v) is 2.88. The van der Waals surface area contributed by atoms with Crippen molar-refractivity contribution in [3.63, 3.8) is 0 Å². The Morgan fingerprint density at radius 3 is 2.36 bits per heavy atom. The van der Waals surface area contributed by atoms with Gasteiger partial charge in [-0.15, -0.1) is 0 Å². The Balaban J connectivity index is 2.07. The smallest absolute Gasteiger partial charge is 0.314 e. The second-order valence-electron chi connectivity index (χ2n) is 6.16. The van der Waals surface area contributed by atoms with E-state index in [1.807, 2.05) is 38.1 Å². The lowest BCUT2D eigenvalue weighted by Crippen LogP contribution is -2.31. The first-order valence-corrected chi connectivity index (χ1v) is 7.94. The van der Waals surface area contributed by atoms with E-state index < -0.39 is 11.1 Å². The Labute approximate surface area is 144 Å². The molecule has 6 nitrogen and oxygen atoms in total. The summed E-state index contributed by atoms with van der Waals surface area (Å²) in [6, 6.07) is 10.8. The van der Waals surface area contributed by atoms with Gasteiger partial charge in [0.15, 0.2) is 0 Å². The van der Waals surface area contributed by atoms with Crippen LogP contribution in [0, 0.1) is 13.8 Å². The number of nitrogens with zero attached hydrogens (tertiary/aromatic N) is 1. The van der Waals surface area contributed by atoms with E-state index in [9.17, 15) is 14.4 Å². The molecule has 1 amide bonds. The van der Waals surface area contributed by atoms with Crippen LogP contribution in [0.5, 0.6) is 0 Å². The van der Waals surface area contributed by atoms with Crippen molar-refractivity contribution in [2.75, 3.05) is 7.05 Å². The molecular formula is C19H19N3O3. The molecule has 0 fully saturated rings. The van der Waals surface area contributed by atoms with Crippen LogP contribution in [-0.4, -0.2) is 27.8 Å². The van der Waals surface area contributed by atoms with E-state index in [2.05, 4.69) is 9.97 Å². The number of nitrogens with one attached hydrogen (secondary N) is 2. The molecule has 6 heteroatoms. The molecule has 25 heavy (non-hydrogen) atoms. The molecule has 0 aliphatic carbocycles. The zero-order valence-electron chi connectivity index (χ0n) is 14.3. The zero-order valence-corrected chi connectivity index (χ0v) is 14.3. The molecule has 3 aromatic rings. The highest BCUT2D eigenvalue weighted by molar-refractivity contribution is 5.94. The number of aromatic amines is 2. The summed E-state index contributed by atoms with van der Waals surface area (Å²) in [6.07, 6.45) is 0. The van der Waals surface area contributed by atoms with Gasteiger partial charge in [0.1, 0.15) is 0 Å². The van der Waals surface area contributed by atoms with Crippen LogP contribution in [0.25, 0.3) is 11.0 Å². The maximum absolute atomic E-state index is 12.6. The molecule has 1 heterocycles. The third-order valence-corrected chi connectivity index (χ3v) is 4.43. The van der Waals surface area contributed by atoms with E-state index in [4.69, 9.17) is 0 Å². The fraction of sp³-hybridized carbons (Fsp3) is 0.211. The van der Waals surface area contributed by atoms with Gasteiger partial charge in [-0.2, -0.15) is 0 Å². The first kappa shape index (κ1) is 16.7. The Morgan fingerprint density at radius 1 is 1.04 bits per heavy atom. The number of hydrogen-bond acceptors (Lipinski definition) is 3. The number of H-pyrrole nitrogens is 2. The summed E-state index contributed by atoms with van der Waals surface area (Å²) in [7, 11) is 1.72. The number of benzene rings is 2. The minimum absolute atomic E-state index is 0.110. The second-order valence-corrected chi connectivity index (χ2v) is 6.16. The van der Waals surface area contributed by atoms with Crippen LogP contribution in [0.2, 0.25) is 0 Å². The molecule has 0 saturated heterocycles. The highest BCUT2D eigenvalue weighted by atomic mass is 16.2. The molecule has 0 aliphatic heterocycles. The highest BCUT2D eigenvalue weighted by Crippen LogP contribution is 2.23. The van der Waals surface area contributed by atoms with Crippen LogP contribution < -0.4 is 11.1 Å². The van der Waals surface area contributed by atoms with Gasteiger partial charge in [-0.1, -0.05) is 18.2 Å². The third-order valence-electron chi connectivity index (χ3n) is 4.43. The van der Waals surface area contributed by atoms with Gasteiger partial charge < -0.3 is 14.9 Å². The number of amides is 1. The molecule has 0 radical (unpaired) electrons. The summed E-state index contributed by atoms with van der Waals surface area (Å²) < 4.78 is 0. The topological polar surface area (TPSA) is 86.0 Å². The summed E-state index contributed by atoms with van der Waals surface area (Å²) in [5.74, 6) is -0.110. The van der Waals surface area contributed by atoms with Crippen molar-refractivity contribution in [2.45, 2.75) is 20.4 Å². The number of hydrogen-bond donors (Lipinski definition) is 2. The standard InChI is InChI=1S/C19H19N3O3/c1-11-9-15-16(21-18(24)17(23)20-15)14(12(11)2)10-22(3)19(25)13-7-5-4-6-8-13/h4-9H,10H2,1-3H3,(H,20,23)(H,21,24). The summed E-state index contributed by atoms with van der Waals surface area (Å²) >= 11 is 0. The Kier molecular flexibility index (Phi) is 4.27. The van der Waals surface area contributed by atoms with Crippen LogP contribution >= 0.6 is 0 Å². The van der Waals surface area contributed by atoms with Crippen LogP contribution in [0.15, 0.2) is 46.0 Å². The number of aryl methyl sites for hydroxylation is 1. The van der Waals surface area contributed by atoms with Crippen molar-refractivity contribution < 1.29 is 4.79 Å². The quantitative estimate of drug-likeness (QED) is 0.718. The monoisotopic (exact) mass is 337 g/mol. The first-order valence-electron chi connectivity index (χ1n) is 7.94. The van der Waals surface area contributed by atoms with Crippen molar-refractivity contribution in [3.8, 4) is 0 Å². The van der Waals surface area contributed by atoms with E-state index in [0.29, 0.717) is 23.1 Å². The van der Waals surface area contributed by atoms with E-state index in [0.717, 1.165) is 16.7 Å². The molecule has 128 valence electrons. The number of carbonyl (C=O) groups is 1. The molecule has 0 spiro atoms. The summed E-state index contributed by atoms with van der Waals surface area (Å²) in [6.45, 7) is 4.19. The normalized spacial score (nSPS) is 10.8. The van der Waals surface area contributed by atoms with Crippen LogP contribution in [-0.2, 0) is 6.54 Å².